The zero-order valence-electron chi connectivity index (χ0n) is 19.5. The Morgan fingerprint density at radius 1 is 1.27 bits per heavy atom. The summed E-state index contributed by atoms with van der Waals surface area (Å²) in [6, 6.07) is 7.87. The van der Waals surface area contributed by atoms with Gasteiger partial charge < -0.3 is 24.6 Å². The summed E-state index contributed by atoms with van der Waals surface area (Å²) in [6.07, 6.45) is 4.05. The van der Waals surface area contributed by atoms with Crippen molar-refractivity contribution in [2.75, 3.05) is 43.2 Å². The molecule has 2 fully saturated rings. The predicted molar refractivity (Wildman–Crippen MR) is 124 cm³/mol. The number of carbonyl (C=O) groups excluding carboxylic acids is 1. The summed E-state index contributed by atoms with van der Waals surface area (Å²) in [4.78, 5) is 24.1. The van der Waals surface area contributed by atoms with E-state index in [9.17, 15) is 9.18 Å². The van der Waals surface area contributed by atoms with Crippen LogP contribution in [0.25, 0.3) is 0 Å². The van der Waals surface area contributed by atoms with Crippen LogP contribution in [0.1, 0.15) is 44.7 Å². The summed E-state index contributed by atoms with van der Waals surface area (Å²) in [5.74, 6) is 1.16. The van der Waals surface area contributed by atoms with E-state index in [-0.39, 0.29) is 24.1 Å². The second-order valence-corrected chi connectivity index (χ2v) is 8.75. The molecular formula is C24H32FN5O3. The third-order valence-electron chi connectivity index (χ3n) is 6.25. The van der Waals surface area contributed by atoms with E-state index in [0.29, 0.717) is 31.5 Å². The number of halogens is 1. The highest BCUT2D eigenvalue weighted by Crippen LogP contribution is 2.29. The van der Waals surface area contributed by atoms with E-state index in [1.165, 1.54) is 13.1 Å². The van der Waals surface area contributed by atoms with Crippen LogP contribution in [-0.2, 0) is 9.53 Å². The molecule has 0 unspecified atom stereocenters. The zero-order chi connectivity index (χ0) is 23.4. The number of anilines is 2. The van der Waals surface area contributed by atoms with Gasteiger partial charge in [-0.15, -0.1) is 0 Å². The fourth-order valence-corrected chi connectivity index (χ4v) is 4.61. The molecule has 2 aliphatic heterocycles. The molecule has 0 bridgehead atoms. The maximum atomic E-state index is 14.6. The third-order valence-corrected chi connectivity index (χ3v) is 6.25. The number of carbonyl (C=O) groups is 1. The van der Waals surface area contributed by atoms with Crippen LogP contribution in [0.4, 0.5) is 16.2 Å². The molecule has 2 aliphatic rings. The van der Waals surface area contributed by atoms with Crippen molar-refractivity contribution in [2.45, 2.75) is 51.3 Å². The number of amides is 1. The molecule has 0 radical (unpaired) electrons. The van der Waals surface area contributed by atoms with Crippen molar-refractivity contribution < 1.29 is 18.7 Å². The van der Waals surface area contributed by atoms with Gasteiger partial charge in [-0.3, -0.25) is 4.79 Å². The van der Waals surface area contributed by atoms with Gasteiger partial charge in [-0.2, -0.15) is 4.98 Å². The van der Waals surface area contributed by atoms with Crippen LogP contribution in [0.15, 0.2) is 30.5 Å². The van der Waals surface area contributed by atoms with Crippen molar-refractivity contribution in [2.24, 2.45) is 0 Å². The van der Waals surface area contributed by atoms with Crippen molar-refractivity contribution in [1.29, 1.82) is 0 Å². The lowest BCUT2D eigenvalue weighted by Gasteiger charge is -2.26. The molecule has 2 aromatic rings. The van der Waals surface area contributed by atoms with E-state index >= 15 is 0 Å². The SMILES string of the molecule is COC[C@@H]1CCCN1c1ncc(F)c(N2CC[C@@H](Oc3ccc([C@H](C)NC(C)=O)cc3)C2)n1. The van der Waals surface area contributed by atoms with E-state index in [1.807, 2.05) is 36.1 Å². The monoisotopic (exact) mass is 457 g/mol. The number of methoxy groups -OCH3 is 1. The Hall–Kier alpha value is -2.94. The molecule has 8 nitrogen and oxygen atoms in total. The van der Waals surface area contributed by atoms with Gasteiger partial charge in [-0.25, -0.2) is 9.37 Å². The van der Waals surface area contributed by atoms with Gasteiger partial charge in [0, 0.05) is 33.5 Å². The van der Waals surface area contributed by atoms with E-state index in [2.05, 4.69) is 20.2 Å². The highest BCUT2D eigenvalue weighted by atomic mass is 19.1. The number of hydrogen-bond acceptors (Lipinski definition) is 7. The van der Waals surface area contributed by atoms with E-state index in [0.717, 1.165) is 37.1 Å². The molecule has 1 amide bonds. The normalized spacial score (nSPS) is 21.3. The highest BCUT2D eigenvalue weighted by molar-refractivity contribution is 5.73. The summed E-state index contributed by atoms with van der Waals surface area (Å²) < 4.78 is 26.1. The predicted octanol–water partition coefficient (Wildman–Crippen LogP) is 3.09. The van der Waals surface area contributed by atoms with Crippen LogP contribution in [0, 0.1) is 5.82 Å². The average Bonchev–Trinajstić information content (AvgIpc) is 3.44. The number of nitrogens with zero attached hydrogens (tertiary/aromatic N) is 4. The van der Waals surface area contributed by atoms with Gasteiger partial charge in [0.2, 0.25) is 11.9 Å². The van der Waals surface area contributed by atoms with Crippen LogP contribution >= 0.6 is 0 Å². The molecule has 3 heterocycles. The number of ether oxygens (including phenoxy) is 2. The van der Waals surface area contributed by atoms with Crippen LogP contribution in [0.3, 0.4) is 0 Å². The minimum Gasteiger partial charge on any atom is -0.489 e. The molecule has 33 heavy (non-hydrogen) atoms. The Balaban J connectivity index is 1.39. The first-order valence-corrected chi connectivity index (χ1v) is 11.5. The second kappa shape index (κ2) is 10.3. The first kappa shape index (κ1) is 23.2. The van der Waals surface area contributed by atoms with Gasteiger partial charge in [-0.05, 0) is 37.5 Å². The summed E-state index contributed by atoms with van der Waals surface area (Å²) in [7, 11) is 1.69. The molecule has 1 aromatic carbocycles. The molecule has 1 aromatic heterocycles. The maximum absolute atomic E-state index is 14.6. The Bertz CT molecular complexity index is 958. The minimum absolute atomic E-state index is 0.0607. The summed E-state index contributed by atoms with van der Waals surface area (Å²) in [6.45, 7) is 6.12. The number of benzene rings is 1. The van der Waals surface area contributed by atoms with Crippen LogP contribution in [0.5, 0.6) is 5.75 Å². The number of nitrogens with one attached hydrogen (secondary N) is 1. The lowest BCUT2D eigenvalue weighted by molar-refractivity contribution is -0.119. The molecule has 1 N–H and O–H groups in total. The smallest absolute Gasteiger partial charge is 0.227 e. The lowest BCUT2D eigenvalue weighted by atomic mass is 10.1. The van der Waals surface area contributed by atoms with Gasteiger partial charge in [-0.1, -0.05) is 12.1 Å². The Kier molecular flexibility index (Phi) is 7.27. The van der Waals surface area contributed by atoms with E-state index < -0.39 is 5.82 Å². The van der Waals surface area contributed by atoms with Crippen molar-refractivity contribution in [3.63, 3.8) is 0 Å². The third kappa shape index (κ3) is 5.52. The highest BCUT2D eigenvalue weighted by Gasteiger charge is 2.30. The molecular weight excluding hydrogens is 425 g/mol. The number of rotatable bonds is 8. The quantitative estimate of drug-likeness (QED) is 0.653. The lowest BCUT2D eigenvalue weighted by Crippen LogP contribution is -2.35. The van der Waals surface area contributed by atoms with E-state index in [1.54, 1.807) is 7.11 Å². The van der Waals surface area contributed by atoms with Gasteiger partial charge in [0.05, 0.1) is 31.4 Å². The summed E-state index contributed by atoms with van der Waals surface area (Å²) >= 11 is 0. The maximum Gasteiger partial charge on any atom is 0.227 e. The first-order chi connectivity index (χ1) is 15.9. The van der Waals surface area contributed by atoms with Crippen LogP contribution < -0.4 is 19.9 Å². The fraction of sp³-hybridized carbons (Fsp3) is 0.542. The average molecular weight is 458 g/mol. The first-order valence-electron chi connectivity index (χ1n) is 11.5. The molecule has 2 saturated heterocycles. The van der Waals surface area contributed by atoms with Gasteiger partial charge >= 0.3 is 0 Å². The Labute approximate surface area is 194 Å². The molecule has 4 rings (SSSR count). The van der Waals surface area contributed by atoms with Gasteiger partial charge in [0.1, 0.15) is 11.9 Å². The topological polar surface area (TPSA) is 79.8 Å². The fourth-order valence-electron chi connectivity index (χ4n) is 4.61. The molecule has 0 aliphatic carbocycles. The van der Waals surface area contributed by atoms with Crippen molar-refractivity contribution in [3.8, 4) is 5.75 Å². The largest absolute Gasteiger partial charge is 0.489 e. The van der Waals surface area contributed by atoms with E-state index in [4.69, 9.17) is 9.47 Å². The van der Waals surface area contributed by atoms with Crippen molar-refractivity contribution >= 4 is 17.7 Å². The second-order valence-electron chi connectivity index (χ2n) is 8.75. The summed E-state index contributed by atoms with van der Waals surface area (Å²) in [5.41, 5.74) is 1.01. The van der Waals surface area contributed by atoms with Crippen molar-refractivity contribution in [3.05, 3.63) is 41.8 Å². The molecule has 0 spiro atoms. The Morgan fingerprint density at radius 3 is 2.79 bits per heavy atom. The summed E-state index contributed by atoms with van der Waals surface area (Å²) in [5, 5.41) is 2.87. The minimum atomic E-state index is -0.418. The van der Waals surface area contributed by atoms with Crippen LogP contribution in [-0.4, -0.2) is 61.4 Å². The van der Waals surface area contributed by atoms with Crippen LogP contribution in [0.2, 0.25) is 0 Å². The molecule has 178 valence electrons. The molecule has 9 heteroatoms. The Morgan fingerprint density at radius 2 is 2.06 bits per heavy atom. The molecule has 3 atom stereocenters. The number of hydrogen-bond donors (Lipinski definition) is 1. The zero-order valence-corrected chi connectivity index (χ0v) is 19.5. The van der Waals surface area contributed by atoms with Crippen molar-refractivity contribution in [1.82, 2.24) is 15.3 Å². The van der Waals surface area contributed by atoms with Gasteiger partial charge in [0.25, 0.3) is 0 Å². The number of aromatic nitrogens is 2. The standard InChI is InChI=1S/C24H32FN5O3/c1-16(27-17(2)31)18-6-8-20(9-7-18)33-21-10-12-29(14-21)23-22(25)13-26-24(28-23)30-11-4-5-19(30)15-32-3/h6-9,13,16,19,21H,4-5,10-12,14-15H2,1-3H3,(H,27,31)/t16-,19-,21+/m0/s1. The molecule has 0 saturated carbocycles. The van der Waals surface area contributed by atoms with Gasteiger partial charge in [0.15, 0.2) is 11.6 Å².